The first-order chi connectivity index (χ1) is 13.6. The van der Waals surface area contributed by atoms with Gasteiger partial charge in [-0.1, -0.05) is 12.1 Å². The van der Waals surface area contributed by atoms with Gasteiger partial charge in [0.15, 0.2) is 0 Å². The highest BCUT2D eigenvalue weighted by atomic mass is 16.1. The van der Waals surface area contributed by atoms with Crippen molar-refractivity contribution >= 4 is 23.4 Å². The summed E-state index contributed by atoms with van der Waals surface area (Å²) in [4.78, 5) is 23.2. The van der Waals surface area contributed by atoms with Crippen LogP contribution < -0.4 is 16.0 Å². The highest BCUT2D eigenvalue weighted by Crippen LogP contribution is 2.17. The van der Waals surface area contributed by atoms with E-state index >= 15 is 0 Å². The third-order valence-corrected chi connectivity index (χ3v) is 4.91. The smallest absolute Gasteiger partial charge is 0.229 e. The molecule has 1 fully saturated rings. The maximum Gasteiger partial charge on any atom is 0.229 e. The van der Waals surface area contributed by atoms with Crippen molar-refractivity contribution in [2.45, 2.75) is 32.6 Å². The molecule has 28 heavy (non-hydrogen) atoms. The van der Waals surface area contributed by atoms with Gasteiger partial charge in [0.05, 0.1) is 0 Å². The molecule has 0 bridgehead atoms. The van der Waals surface area contributed by atoms with Gasteiger partial charge in [0, 0.05) is 44.0 Å². The molecule has 0 atom stereocenters. The molecule has 1 aliphatic heterocycles. The fraction of sp³-hybridized carbons (Fsp3) is 0.476. The molecule has 2 heterocycles. The summed E-state index contributed by atoms with van der Waals surface area (Å²) < 4.78 is 0. The fourth-order valence-corrected chi connectivity index (χ4v) is 3.34. The molecule has 1 amide bonds. The Balaban J connectivity index is 1.42. The van der Waals surface area contributed by atoms with Gasteiger partial charge < -0.3 is 20.9 Å². The SMILES string of the molecule is CNc1cc(C)nc(Nc2ccc(CCC(=O)NCCN3CCCC3)cc2)n1. The van der Waals surface area contributed by atoms with E-state index in [9.17, 15) is 4.79 Å². The van der Waals surface area contributed by atoms with E-state index in [-0.39, 0.29) is 5.91 Å². The molecule has 3 rings (SSSR count). The topological polar surface area (TPSA) is 82.2 Å². The summed E-state index contributed by atoms with van der Waals surface area (Å²) in [5.41, 5.74) is 2.96. The fourth-order valence-electron chi connectivity index (χ4n) is 3.34. The van der Waals surface area contributed by atoms with Gasteiger partial charge in [-0.3, -0.25) is 4.79 Å². The van der Waals surface area contributed by atoms with Crippen molar-refractivity contribution < 1.29 is 4.79 Å². The molecule has 0 unspecified atom stereocenters. The van der Waals surface area contributed by atoms with Crippen LogP contribution in [-0.2, 0) is 11.2 Å². The van der Waals surface area contributed by atoms with Crippen molar-refractivity contribution in [1.29, 1.82) is 0 Å². The number of carbonyl (C=O) groups is 1. The Labute approximate surface area is 167 Å². The second kappa shape index (κ2) is 10.0. The van der Waals surface area contributed by atoms with E-state index in [1.54, 1.807) is 0 Å². The van der Waals surface area contributed by atoms with Crippen molar-refractivity contribution in [3.63, 3.8) is 0 Å². The molecule has 0 saturated carbocycles. The minimum atomic E-state index is 0.120. The van der Waals surface area contributed by atoms with Crippen molar-refractivity contribution in [3.8, 4) is 0 Å². The van der Waals surface area contributed by atoms with Crippen molar-refractivity contribution in [1.82, 2.24) is 20.2 Å². The number of hydrogen-bond acceptors (Lipinski definition) is 6. The van der Waals surface area contributed by atoms with Gasteiger partial charge in [-0.15, -0.1) is 0 Å². The Bertz CT molecular complexity index is 771. The molecule has 0 spiro atoms. The molecule has 2 aromatic rings. The van der Waals surface area contributed by atoms with Crippen LogP contribution in [-0.4, -0.2) is 54.0 Å². The zero-order valence-electron chi connectivity index (χ0n) is 16.8. The minimum absolute atomic E-state index is 0.120. The summed E-state index contributed by atoms with van der Waals surface area (Å²) in [5, 5.41) is 9.27. The van der Waals surface area contributed by atoms with Crippen molar-refractivity contribution in [3.05, 3.63) is 41.6 Å². The van der Waals surface area contributed by atoms with Crippen LogP contribution in [0.3, 0.4) is 0 Å². The van der Waals surface area contributed by atoms with Crippen LogP contribution in [0.15, 0.2) is 30.3 Å². The van der Waals surface area contributed by atoms with Crippen LogP contribution in [0.2, 0.25) is 0 Å². The summed E-state index contributed by atoms with van der Waals surface area (Å²) in [6.07, 6.45) is 3.82. The number of anilines is 3. The van der Waals surface area contributed by atoms with Gasteiger partial charge in [0.25, 0.3) is 0 Å². The van der Waals surface area contributed by atoms with E-state index in [1.807, 2.05) is 44.3 Å². The number of hydrogen-bond donors (Lipinski definition) is 3. The Kier molecular flexibility index (Phi) is 7.19. The van der Waals surface area contributed by atoms with Crippen LogP contribution in [0.25, 0.3) is 0 Å². The maximum atomic E-state index is 12.0. The van der Waals surface area contributed by atoms with E-state index in [1.165, 1.54) is 25.9 Å². The average Bonchev–Trinajstić information content (AvgIpc) is 3.20. The molecule has 0 radical (unpaired) electrons. The van der Waals surface area contributed by atoms with Crippen molar-refractivity contribution in [2.24, 2.45) is 0 Å². The van der Waals surface area contributed by atoms with E-state index in [2.05, 4.69) is 30.8 Å². The third kappa shape index (κ3) is 6.20. The van der Waals surface area contributed by atoms with Gasteiger partial charge >= 0.3 is 0 Å². The predicted octanol–water partition coefficient (Wildman–Crippen LogP) is 2.71. The van der Waals surface area contributed by atoms with E-state index in [4.69, 9.17) is 0 Å². The van der Waals surface area contributed by atoms with Crippen LogP contribution in [0.4, 0.5) is 17.5 Å². The van der Waals surface area contributed by atoms with Crippen LogP contribution >= 0.6 is 0 Å². The zero-order chi connectivity index (χ0) is 19.8. The second-order valence-electron chi connectivity index (χ2n) is 7.19. The number of carbonyl (C=O) groups excluding carboxylic acids is 1. The molecule has 1 aromatic heterocycles. The number of nitrogens with one attached hydrogen (secondary N) is 3. The summed E-state index contributed by atoms with van der Waals surface area (Å²) in [7, 11) is 1.84. The largest absolute Gasteiger partial charge is 0.373 e. The lowest BCUT2D eigenvalue weighted by Crippen LogP contribution is -2.33. The van der Waals surface area contributed by atoms with Crippen LogP contribution in [0.1, 0.15) is 30.5 Å². The molecule has 7 nitrogen and oxygen atoms in total. The van der Waals surface area contributed by atoms with E-state index in [0.717, 1.165) is 42.3 Å². The second-order valence-corrected chi connectivity index (χ2v) is 7.19. The number of amides is 1. The molecule has 1 aliphatic rings. The molecule has 0 aliphatic carbocycles. The first-order valence-electron chi connectivity index (χ1n) is 10.0. The monoisotopic (exact) mass is 382 g/mol. The molecular weight excluding hydrogens is 352 g/mol. The number of rotatable bonds is 9. The van der Waals surface area contributed by atoms with Gasteiger partial charge in [0.1, 0.15) is 5.82 Å². The molecule has 1 aromatic carbocycles. The van der Waals surface area contributed by atoms with Crippen LogP contribution in [0, 0.1) is 6.92 Å². The van der Waals surface area contributed by atoms with Crippen LogP contribution in [0.5, 0.6) is 0 Å². The molecule has 1 saturated heterocycles. The lowest BCUT2D eigenvalue weighted by molar-refractivity contribution is -0.121. The lowest BCUT2D eigenvalue weighted by Gasteiger charge is -2.14. The van der Waals surface area contributed by atoms with Gasteiger partial charge in [-0.25, -0.2) is 4.98 Å². The minimum Gasteiger partial charge on any atom is -0.373 e. The highest BCUT2D eigenvalue weighted by Gasteiger charge is 2.11. The molecule has 3 N–H and O–H groups in total. The molecule has 7 heteroatoms. The van der Waals surface area contributed by atoms with Gasteiger partial charge in [0.2, 0.25) is 11.9 Å². The summed E-state index contributed by atoms with van der Waals surface area (Å²) in [6, 6.07) is 9.95. The highest BCUT2D eigenvalue weighted by molar-refractivity contribution is 5.76. The Hall–Kier alpha value is -2.67. The summed E-state index contributed by atoms with van der Waals surface area (Å²) in [5.74, 6) is 1.46. The molecular formula is C21H30N6O. The number of likely N-dealkylation sites (tertiary alicyclic amines) is 1. The first-order valence-corrected chi connectivity index (χ1v) is 10.0. The maximum absolute atomic E-state index is 12.0. The normalized spacial score (nSPS) is 14.1. The van der Waals surface area contributed by atoms with E-state index < -0.39 is 0 Å². The van der Waals surface area contributed by atoms with Gasteiger partial charge in [-0.05, 0) is 57.0 Å². The zero-order valence-corrected chi connectivity index (χ0v) is 16.8. The Morgan fingerprint density at radius 3 is 2.61 bits per heavy atom. The predicted molar refractivity (Wildman–Crippen MR) is 113 cm³/mol. The van der Waals surface area contributed by atoms with E-state index in [0.29, 0.717) is 12.4 Å². The first kappa shape index (κ1) is 20.1. The standard InChI is InChI=1S/C21H30N6O/c1-16-15-19(22-2)26-21(24-16)25-18-8-5-17(6-9-18)7-10-20(28)23-11-14-27-12-3-4-13-27/h5-6,8-9,15H,3-4,7,10-14H2,1-2H3,(H,23,28)(H2,22,24,25,26). The molecule has 150 valence electrons. The average molecular weight is 383 g/mol. The van der Waals surface area contributed by atoms with Crippen molar-refractivity contribution in [2.75, 3.05) is 43.9 Å². The Morgan fingerprint density at radius 1 is 1.14 bits per heavy atom. The number of aromatic nitrogens is 2. The number of aryl methyl sites for hydroxylation is 2. The summed E-state index contributed by atoms with van der Waals surface area (Å²) >= 11 is 0. The quantitative estimate of drug-likeness (QED) is 0.619. The Morgan fingerprint density at radius 2 is 1.89 bits per heavy atom. The number of nitrogens with zero attached hydrogens (tertiary/aromatic N) is 3. The van der Waals surface area contributed by atoms with Gasteiger partial charge in [-0.2, -0.15) is 4.98 Å². The number of benzene rings is 1. The summed E-state index contributed by atoms with van der Waals surface area (Å²) in [6.45, 7) is 5.97. The lowest BCUT2D eigenvalue weighted by atomic mass is 10.1. The third-order valence-electron chi connectivity index (χ3n) is 4.91.